The van der Waals surface area contributed by atoms with Gasteiger partial charge in [-0.1, -0.05) is 11.5 Å². The molecule has 0 atom stereocenters. The molecule has 0 aliphatic heterocycles. The van der Waals surface area contributed by atoms with Crippen molar-refractivity contribution in [3.8, 4) is 17.2 Å². The monoisotopic (exact) mass is 1090 g/mol. The van der Waals surface area contributed by atoms with Gasteiger partial charge in [0.2, 0.25) is 0 Å². The number of fused-ring (bicyclic) bond motifs is 2. The Morgan fingerprint density at radius 2 is 0.859 bits per heavy atom. The normalized spacial score (nSPS) is 12.7. The van der Waals surface area contributed by atoms with Gasteiger partial charge >= 0.3 is 118 Å². The Kier molecular flexibility index (Phi) is 22.2. The van der Waals surface area contributed by atoms with Crippen LogP contribution in [0.2, 0.25) is 0 Å². The average molecular weight is 1090 g/mol. The van der Waals surface area contributed by atoms with Crippen molar-refractivity contribution < 1.29 is 195 Å². The molecule has 71 heavy (non-hydrogen) atoms. The predicted molar refractivity (Wildman–Crippen MR) is 228 cm³/mol. The van der Waals surface area contributed by atoms with Crippen LogP contribution in [0.3, 0.4) is 0 Å². The fourth-order valence-electron chi connectivity index (χ4n) is 6.16. The van der Waals surface area contributed by atoms with E-state index in [9.17, 15) is 72.3 Å². The fourth-order valence-corrected chi connectivity index (χ4v) is 8.54. The number of azo groups is 3. The molecule has 350 valence electrons. The molecular formula is C38H28N8Na4O17S4. The number of benzene rings is 6. The third kappa shape index (κ3) is 15.1. The summed E-state index contributed by atoms with van der Waals surface area (Å²) in [7, 11) is -19.2. The van der Waals surface area contributed by atoms with E-state index in [0.717, 1.165) is 26.0 Å². The Bertz CT molecular complexity index is 3710. The molecule has 6 aromatic rings. The van der Waals surface area contributed by atoms with Crippen LogP contribution in [0, 0.1) is 6.92 Å². The van der Waals surface area contributed by atoms with Crippen LogP contribution in [0.15, 0.2) is 133 Å². The molecule has 0 saturated heterocycles. The number of aliphatic imine (C=N–C) groups is 2. The van der Waals surface area contributed by atoms with Crippen LogP contribution < -0.4 is 143 Å². The summed E-state index contributed by atoms with van der Waals surface area (Å²) in [6.07, 6.45) is 0. The summed E-state index contributed by atoms with van der Waals surface area (Å²) in [5.74, 6) is -4.26. The summed E-state index contributed by atoms with van der Waals surface area (Å²) in [4.78, 5) is 3.31. The Labute approximate surface area is 492 Å². The second kappa shape index (κ2) is 24.8. The molecule has 6 rings (SSSR count). The summed E-state index contributed by atoms with van der Waals surface area (Å²) in [6.45, 7) is 3.55. The van der Waals surface area contributed by atoms with Crippen LogP contribution in [-0.2, 0) is 40.5 Å². The molecule has 0 amide bonds. The van der Waals surface area contributed by atoms with Crippen molar-refractivity contribution in [2.75, 3.05) is 7.11 Å². The zero-order chi connectivity index (χ0) is 49.6. The van der Waals surface area contributed by atoms with Gasteiger partial charge in [-0.05, 0) is 122 Å². The van der Waals surface area contributed by atoms with E-state index < -0.39 is 128 Å². The Hall–Kier alpha value is -3.38. The van der Waals surface area contributed by atoms with Gasteiger partial charge in [0.15, 0.2) is 0 Å². The van der Waals surface area contributed by atoms with Crippen molar-refractivity contribution >= 4 is 119 Å². The molecule has 4 N–H and O–H groups in total. The maximum Gasteiger partial charge on any atom is 1.00 e. The fraction of sp³-hybridized carbons (Fsp3) is 0.105. The Morgan fingerprint density at radius 1 is 0.493 bits per heavy atom. The van der Waals surface area contributed by atoms with Crippen LogP contribution in [0.1, 0.15) is 19.4 Å². The topological polar surface area (TPSA) is 418 Å². The van der Waals surface area contributed by atoms with E-state index in [1.807, 2.05) is 0 Å². The van der Waals surface area contributed by atoms with Gasteiger partial charge < -0.3 is 25.2 Å². The molecule has 0 saturated carbocycles. The molecule has 0 aromatic heterocycles. The van der Waals surface area contributed by atoms with E-state index in [4.69, 9.17) is 4.74 Å². The van der Waals surface area contributed by atoms with Gasteiger partial charge in [0.05, 0.1) is 56.7 Å². The largest absolute Gasteiger partial charge is 1.00 e. The Balaban J connectivity index is 0.00000432. The quantitative estimate of drug-likeness (QED) is 0.0275. The number of hydrogen-bond acceptors (Lipinski definition) is 21. The number of ether oxygens (including phenoxy) is 1. The van der Waals surface area contributed by atoms with Crippen molar-refractivity contribution in [2.24, 2.45) is 40.7 Å². The molecule has 6 aromatic carbocycles. The van der Waals surface area contributed by atoms with Gasteiger partial charge in [0, 0.05) is 10.8 Å². The van der Waals surface area contributed by atoms with Gasteiger partial charge in [-0.15, -0.1) is 15.3 Å². The first-order chi connectivity index (χ1) is 31.1. The maximum absolute atomic E-state index is 13.8. The van der Waals surface area contributed by atoms with Crippen LogP contribution >= 0.6 is 0 Å². The SMILES string of the molecule is COc1cc(C)c(N=Nc2ccc(N=Nc3c(S(=O)(=O)O)cc4cc(S(=O)(=O)O)cc(N=C(C)[O-])c4c3[O-])cc2)cc1N=Nc1c(S(=O)(=O)O)cc2cc(S(=O)(=O)O)cc(N=C(C)[O-])c2c1[O-].[Na+].[Na+].[Na+].[Na+]. The number of methoxy groups -OCH3 is 1. The van der Waals surface area contributed by atoms with Crippen LogP contribution in [-0.4, -0.2) is 70.8 Å². The van der Waals surface area contributed by atoms with E-state index >= 15 is 0 Å². The molecule has 0 unspecified atom stereocenters. The van der Waals surface area contributed by atoms with Crippen LogP contribution in [0.25, 0.3) is 21.5 Å². The van der Waals surface area contributed by atoms with Crippen molar-refractivity contribution in [1.82, 2.24) is 0 Å². The molecule has 25 nitrogen and oxygen atoms in total. The Morgan fingerprint density at radius 3 is 1.21 bits per heavy atom. The second-order valence-corrected chi connectivity index (χ2v) is 19.4. The van der Waals surface area contributed by atoms with E-state index in [1.54, 1.807) is 6.92 Å². The van der Waals surface area contributed by atoms with E-state index in [-0.39, 0.29) is 147 Å². The van der Waals surface area contributed by atoms with Crippen LogP contribution in [0.4, 0.5) is 45.5 Å². The van der Waals surface area contributed by atoms with Gasteiger partial charge in [0.1, 0.15) is 21.2 Å². The number of aryl methyl sites for hydroxylation is 1. The van der Waals surface area contributed by atoms with E-state index in [1.165, 1.54) is 43.5 Å². The number of nitrogens with zero attached hydrogens (tertiary/aromatic N) is 8. The minimum atomic E-state index is -5.28. The molecule has 0 spiro atoms. The minimum absolute atomic E-state index is 0. The second-order valence-electron chi connectivity index (χ2n) is 13.8. The number of hydrogen-bond donors (Lipinski definition) is 4. The van der Waals surface area contributed by atoms with Crippen molar-refractivity contribution in [2.45, 2.75) is 40.4 Å². The summed E-state index contributed by atoms with van der Waals surface area (Å²) < 4.78 is 142. The van der Waals surface area contributed by atoms with Gasteiger partial charge in [0.25, 0.3) is 40.5 Å². The van der Waals surface area contributed by atoms with Crippen molar-refractivity contribution in [1.29, 1.82) is 0 Å². The maximum atomic E-state index is 13.8. The first kappa shape index (κ1) is 63.7. The molecule has 0 fully saturated rings. The van der Waals surface area contributed by atoms with Gasteiger partial charge in [-0.25, -0.2) is 0 Å². The molecule has 0 heterocycles. The first-order valence-corrected chi connectivity index (χ1v) is 23.8. The molecule has 0 aliphatic rings. The average Bonchev–Trinajstić information content (AvgIpc) is 3.20. The van der Waals surface area contributed by atoms with Crippen molar-refractivity contribution in [3.63, 3.8) is 0 Å². The number of rotatable bonds is 13. The van der Waals surface area contributed by atoms with E-state index in [2.05, 4.69) is 40.7 Å². The minimum Gasteiger partial charge on any atom is -0.870 e. The summed E-state index contributed by atoms with van der Waals surface area (Å²) in [5, 5.41) is 72.9. The molecule has 0 radical (unpaired) electrons. The third-order valence-electron chi connectivity index (χ3n) is 9.02. The van der Waals surface area contributed by atoms with E-state index in [0.29, 0.717) is 29.8 Å². The van der Waals surface area contributed by atoms with Gasteiger partial charge in [-0.3, -0.25) is 28.2 Å². The molecule has 0 bridgehead atoms. The smallest absolute Gasteiger partial charge is 0.870 e. The first-order valence-electron chi connectivity index (χ1n) is 18.1. The molecule has 33 heteroatoms. The molecular weight excluding hydrogens is 1060 g/mol. The summed E-state index contributed by atoms with van der Waals surface area (Å²) in [6, 6.07) is 12.2. The standard InChI is InChI=1S/C38H32N8O17S4.4Na/c1-17-9-30(63-4)27(44-46-36-32(67(60,61)62)13-21-11-25(65(54,55)56)15-29(40-19(3)48)34(21)38(36)50)16-26(17)43-41-22-5-7-23(8-6-22)42-45-35-31(66(57,58)59)12-20-10-24(64(51,52)53)14-28(39-18(2)47)33(20)37(35)49;;;;/h5-16,49-50H,1-4H3,(H,39,47)(H,40,48)(H,51,52,53)(H,54,55,56)(H,57,58,59)(H,60,61,62);;;;/q;4*+1/p-4. The summed E-state index contributed by atoms with van der Waals surface area (Å²) in [5.41, 5.74) is -2.48. The zero-order valence-electron chi connectivity index (χ0n) is 38.2. The zero-order valence-corrected chi connectivity index (χ0v) is 49.5. The predicted octanol–water partition coefficient (Wildman–Crippen LogP) is -6.47. The molecule has 0 aliphatic carbocycles. The van der Waals surface area contributed by atoms with Crippen molar-refractivity contribution in [3.05, 3.63) is 78.4 Å². The third-order valence-corrected chi connectivity index (χ3v) is 12.4. The summed E-state index contributed by atoms with van der Waals surface area (Å²) >= 11 is 0. The van der Waals surface area contributed by atoms with Gasteiger partial charge in [-0.2, -0.15) is 49.0 Å². The van der Waals surface area contributed by atoms with Crippen LogP contribution in [0.5, 0.6) is 17.2 Å².